The number of rotatable bonds is 6. The molecule has 0 radical (unpaired) electrons. The minimum absolute atomic E-state index is 0.291. The fourth-order valence-corrected chi connectivity index (χ4v) is 3.82. The average Bonchev–Trinajstić information content (AvgIpc) is 3.53. The first-order chi connectivity index (χ1) is 13.6. The van der Waals surface area contributed by atoms with E-state index in [2.05, 4.69) is 27.1 Å². The second-order valence-corrected chi connectivity index (χ2v) is 7.93. The fourth-order valence-electron chi connectivity index (χ4n) is 3.82. The van der Waals surface area contributed by atoms with Crippen LogP contribution in [0.1, 0.15) is 36.0 Å². The normalized spacial score (nSPS) is 18.1. The Kier molecular flexibility index (Phi) is 5.57. The van der Waals surface area contributed by atoms with E-state index in [-0.39, 0.29) is 11.7 Å². The SMILES string of the molecule is CN(c1cccc(NC(=O)c2ccc(F)cc2)n1)C1CCN(CC2CC2)CC1. The summed E-state index contributed by atoms with van der Waals surface area (Å²) in [6, 6.07) is 11.6. The third-order valence-corrected chi connectivity index (χ3v) is 5.76. The van der Waals surface area contributed by atoms with Crippen molar-refractivity contribution in [3.05, 3.63) is 53.8 Å². The van der Waals surface area contributed by atoms with E-state index in [0.29, 0.717) is 17.4 Å². The van der Waals surface area contributed by atoms with Gasteiger partial charge in [-0.3, -0.25) is 4.79 Å². The summed E-state index contributed by atoms with van der Waals surface area (Å²) in [5.74, 6) is 1.65. The molecule has 5 nitrogen and oxygen atoms in total. The molecule has 6 heteroatoms. The summed E-state index contributed by atoms with van der Waals surface area (Å²) in [5, 5.41) is 2.80. The van der Waals surface area contributed by atoms with E-state index in [1.54, 1.807) is 6.07 Å². The van der Waals surface area contributed by atoms with E-state index in [1.807, 2.05) is 12.1 Å². The molecule has 1 aliphatic carbocycles. The zero-order valence-corrected chi connectivity index (χ0v) is 16.3. The van der Waals surface area contributed by atoms with Gasteiger partial charge in [0.15, 0.2) is 0 Å². The Morgan fingerprint density at radius 3 is 2.54 bits per heavy atom. The van der Waals surface area contributed by atoms with Gasteiger partial charge in [0.25, 0.3) is 5.91 Å². The number of aromatic nitrogens is 1. The van der Waals surface area contributed by atoms with E-state index in [1.165, 1.54) is 43.7 Å². The molecule has 2 heterocycles. The van der Waals surface area contributed by atoms with Crippen molar-refractivity contribution in [1.29, 1.82) is 0 Å². The van der Waals surface area contributed by atoms with Crippen LogP contribution in [-0.4, -0.2) is 48.5 Å². The minimum atomic E-state index is -0.360. The number of anilines is 2. The molecular weight excluding hydrogens is 355 g/mol. The number of benzene rings is 1. The molecule has 148 valence electrons. The van der Waals surface area contributed by atoms with Crippen molar-refractivity contribution in [2.24, 2.45) is 5.92 Å². The lowest BCUT2D eigenvalue weighted by molar-refractivity contribution is 0.102. The van der Waals surface area contributed by atoms with Gasteiger partial charge in [-0.05, 0) is 68.0 Å². The Labute approximate surface area is 165 Å². The third-order valence-electron chi connectivity index (χ3n) is 5.76. The molecule has 0 bridgehead atoms. The Morgan fingerprint density at radius 1 is 1.14 bits per heavy atom. The second-order valence-electron chi connectivity index (χ2n) is 7.93. The highest BCUT2D eigenvalue weighted by molar-refractivity contribution is 6.03. The predicted octanol–water partition coefficient (Wildman–Crippen LogP) is 3.78. The van der Waals surface area contributed by atoms with Crippen LogP contribution in [-0.2, 0) is 0 Å². The molecule has 1 aliphatic heterocycles. The van der Waals surface area contributed by atoms with Gasteiger partial charge < -0.3 is 15.1 Å². The van der Waals surface area contributed by atoms with Crippen molar-refractivity contribution in [2.45, 2.75) is 31.7 Å². The number of hydrogen-bond acceptors (Lipinski definition) is 4. The molecule has 1 saturated heterocycles. The van der Waals surface area contributed by atoms with Crippen LogP contribution in [0, 0.1) is 11.7 Å². The van der Waals surface area contributed by atoms with E-state index in [4.69, 9.17) is 0 Å². The summed E-state index contributed by atoms with van der Waals surface area (Å²) in [7, 11) is 2.08. The average molecular weight is 382 g/mol. The molecule has 2 aliphatic rings. The number of likely N-dealkylation sites (tertiary alicyclic amines) is 1. The van der Waals surface area contributed by atoms with Gasteiger partial charge in [0.2, 0.25) is 0 Å². The quantitative estimate of drug-likeness (QED) is 0.826. The number of nitrogens with one attached hydrogen (secondary N) is 1. The van der Waals surface area contributed by atoms with Crippen molar-refractivity contribution in [2.75, 3.05) is 36.9 Å². The summed E-state index contributed by atoms with van der Waals surface area (Å²) in [4.78, 5) is 21.8. The second kappa shape index (κ2) is 8.27. The smallest absolute Gasteiger partial charge is 0.256 e. The van der Waals surface area contributed by atoms with Crippen LogP contribution in [0.25, 0.3) is 0 Å². The number of carbonyl (C=O) groups is 1. The molecule has 1 N–H and O–H groups in total. The molecule has 0 unspecified atom stereocenters. The molecule has 1 saturated carbocycles. The van der Waals surface area contributed by atoms with Gasteiger partial charge in [-0.15, -0.1) is 0 Å². The highest BCUT2D eigenvalue weighted by Crippen LogP contribution is 2.31. The zero-order chi connectivity index (χ0) is 19.5. The van der Waals surface area contributed by atoms with Crippen LogP contribution in [0.5, 0.6) is 0 Å². The number of pyridine rings is 1. The molecule has 28 heavy (non-hydrogen) atoms. The van der Waals surface area contributed by atoms with Crippen LogP contribution >= 0.6 is 0 Å². The Bertz CT molecular complexity index is 814. The summed E-state index contributed by atoms with van der Waals surface area (Å²) < 4.78 is 13.0. The topological polar surface area (TPSA) is 48.5 Å². The lowest BCUT2D eigenvalue weighted by Gasteiger charge is -2.37. The van der Waals surface area contributed by atoms with E-state index >= 15 is 0 Å². The largest absolute Gasteiger partial charge is 0.357 e. The van der Waals surface area contributed by atoms with Gasteiger partial charge in [0, 0.05) is 38.3 Å². The van der Waals surface area contributed by atoms with Gasteiger partial charge in [-0.1, -0.05) is 6.07 Å². The summed E-state index contributed by atoms with van der Waals surface area (Å²) in [5.41, 5.74) is 0.407. The first-order valence-electron chi connectivity index (χ1n) is 10.1. The van der Waals surface area contributed by atoms with Crippen molar-refractivity contribution < 1.29 is 9.18 Å². The van der Waals surface area contributed by atoms with Gasteiger partial charge in [0.05, 0.1) is 0 Å². The van der Waals surface area contributed by atoms with Gasteiger partial charge in [-0.25, -0.2) is 9.37 Å². The standard InChI is InChI=1S/C22H27FN4O/c1-26(19-11-13-27(14-12-19)15-16-5-6-16)21-4-2-3-20(24-21)25-22(28)17-7-9-18(23)10-8-17/h2-4,7-10,16,19H,5-6,11-15H2,1H3,(H,24,25,28). The Balaban J connectivity index is 1.36. The van der Waals surface area contributed by atoms with Gasteiger partial charge in [0.1, 0.15) is 17.5 Å². The number of hydrogen-bond donors (Lipinski definition) is 1. The first-order valence-corrected chi connectivity index (χ1v) is 10.1. The molecule has 0 atom stereocenters. The van der Waals surface area contributed by atoms with Crippen LogP contribution in [0.4, 0.5) is 16.0 Å². The third kappa shape index (κ3) is 4.68. The van der Waals surface area contributed by atoms with Crippen molar-refractivity contribution in [3.63, 3.8) is 0 Å². The first kappa shape index (κ1) is 18.9. The number of carbonyl (C=O) groups excluding carboxylic acids is 1. The molecule has 0 spiro atoms. The zero-order valence-electron chi connectivity index (χ0n) is 16.3. The van der Waals surface area contributed by atoms with E-state index in [9.17, 15) is 9.18 Å². The van der Waals surface area contributed by atoms with E-state index in [0.717, 1.165) is 37.7 Å². The maximum atomic E-state index is 13.0. The molecule has 1 aromatic heterocycles. The summed E-state index contributed by atoms with van der Waals surface area (Å²) >= 11 is 0. The highest BCUT2D eigenvalue weighted by Gasteiger charge is 2.28. The molecule has 2 aromatic rings. The van der Waals surface area contributed by atoms with Gasteiger partial charge >= 0.3 is 0 Å². The monoisotopic (exact) mass is 382 g/mol. The van der Waals surface area contributed by atoms with Crippen molar-refractivity contribution in [3.8, 4) is 0 Å². The van der Waals surface area contributed by atoms with Crippen LogP contribution in [0.2, 0.25) is 0 Å². The minimum Gasteiger partial charge on any atom is -0.357 e. The van der Waals surface area contributed by atoms with Crippen LogP contribution in [0.15, 0.2) is 42.5 Å². The van der Waals surface area contributed by atoms with Gasteiger partial charge in [-0.2, -0.15) is 0 Å². The lowest BCUT2D eigenvalue weighted by atomic mass is 10.0. The lowest BCUT2D eigenvalue weighted by Crippen LogP contribution is -2.44. The fraction of sp³-hybridized carbons (Fsp3) is 0.455. The Hall–Kier alpha value is -2.47. The number of halogens is 1. The maximum absolute atomic E-state index is 13.0. The molecular formula is C22H27FN4O. The van der Waals surface area contributed by atoms with Crippen molar-refractivity contribution in [1.82, 2.24) is 9.88 Å². The summed E-state index contributed by atoms with van der Waals surface area (Å²) in [6.45, 7) is 3.55. The highest BCUT2D eigenvalue weighted by atomic mass is 19.1. The van der Waals surface area contributed by atoms with E-state index < -0.39 is 0 Å². The predicted molar refractivity (Wildman–Crippen MR) is 109 cm³/mol. The maximum Gasteiger partial charge on any atom is 0.256 e. The number of amides is 1. The molecule has 1 aromatic carbocycles. The Morgan fingerprint density at radius 2 is 1.86 bits per heavy atom. The molecule has 1 amide bonds. The van der Waals surface area contributed by atoms with Crippen molar-refractivity contribution >= 4 is 17.5 Å². The molecule has 4 rings (SSSR count). The number of piperidine rings is 1. The molecule has 2 fully saturated rings. The summed E-state index contributed by atoms with van der Waals surface area (Å²) in [6.07, 6.45) is 5.08. The van der Waals surface area contributed by atoms with Crippen LogP contribution < -0.4 is 10.2 Å². The van der Waals surface area contributed by atoms with Crippen LogP contribution in [0.3, 0.4) is 0 Å². The number of nitrogens with zero attached hydrogens (tertiary/aromatic N) is 3.